The lowest BCUT2D eigenvalue weighted by molar-refractivity contribution is 0.0600. The Hall–Kier alpha value is -1.13. The van der Waals surface area contributed by atoms with Gasteiger partial charge in [-0.05, 0) is 61.9 Å². The highest BCUT2D eigenvalue weighted by Gasteiger charge is 2.36. The third kappa shape index (κ3) is 2.96. The molecular formula is C16H23FN2O. The van der Waals surface area contributed by atoms with Crippen LogP contribution in [0.1, 0.15) is 31.2 Å². The summed E-state index contributed by atoms with van der Waals surface area (Å²) in [6.45, 7) is 5.23. The number of nitrogens with one attached hydrogen (secondary N) is 1. The maximum Gasteiger partial charge on any atom is 0.165 e. The molecule has 4 heteroatoms. The molecule has 3 nitrogen and oxygen atoms in total. The highest BCUT2D eigenvalue weighted by atomic mass is 19.1. The lowest BCUT2D eigenvalue weighted by Gasteiger charge is -2.45. The second-order valence-corrected chi connectivity index (χ2v) is 6.38. The zero-order valence-corrected chi connectivity index (χ0v) is 11.9. The summed E-state index contributed by atoms with van der Waals surface area (Å²) < 4.78 is 13.4. The van der Waals surface area contributed by atoms with E-state index in [1.54, 1.807) is 0 Å². The highest BCUT2D eigenvalue weighted by molar-refractivity contribution is 5.28. The van der Waals surface area contributed by atoms with Crippen molar-refractivity contribution in [1.29, 1.82) is 0 Å². The number of halogens is 1. The fraction of sp³-hybridized carbons (Fsp3) is 0.625. The molecule has 110 valence electrons. The van der Waals surface area contributed by atoms with Gasteiger partial charge in [-0.3, -0.25) is 4.90 Å². The summed E-state index contributed by atoms with van der Waals surface area (Å²) in [6, 6.07) is 4.72. The molecule has 2 heterocycles. The first-order valence-electron chi connectivity index (χ1n) is 7.57. The van der Waals surface area contributed by atoms with Crippen molar-refractivity contribution >= 4 is 0 Å². The van der Waals surface area contributed by atoms with Crippen molar-refractivity contribution in [1.82, 2.24) is 10.2 Å². The van der Waals surface area contributed by atoms with Gasteiger partial charge in [0.25, 0.3) is 0 Å². The van der Waals surface area contributed by atoms with Crippen molar-refractivity contribution in [3.8, 4) is 5.75 Å². The molecule has 0 amide bonds. The number of nitrogens with zero attached hydrogens (tertiary/aromatic N) is 1. The van der Waals surface area contributed by atoms with Gasteiger partial charge in [-0.15, -0.1) is 0 Å². The van der Waals surface area contributed by atoms with E-state index in [2.05, 4.69) is 10.2 Å². The summed E-state index contributed by atoms with van der Waals surface area (Å²) in [5, 5.41) is 12.8. The van der Waals surface area contributed by atoms with Crippen LogP contribution in [0.3, 0.4) is 0 Å². The van der Waals surface area contributed by atoms with E-state index in [9.17, 15) is 9.50 Å². The van der Waals surface area contributed by atoms with E-state index in [1.807, 2.05) is 6.07 Å². The van der Waals surface area contributed by atoms with Crippen LogP contribution in [-0.4, -0.2) is 36.2 Å². The van der Waals surface area contributed by atoms with Crippen molar-refractivity contribution in [2.45, 2.75) is 32.2 Å². The van der Waals surface area contributed by atoms with Crippen LogP contribution in [-0.2, 0) is 6.54 Å². The molecule has 0 aromatic heterocycles. The molecule has 0 bridgehead atoms. The van der Waals surface area contributed by atoms with E-state index in [0.717, 1.165) is 38.3 Å². The van der Waals surface area contributed by atoms with Gasteiger partial charge >= 0.3 is 0 Å². The lowest BCUT2D eigenvalue weighted by atomic mass is 9.74. The zero-order chi connectivity index (χ0) is 14.0. The smallest absolute Gasteiger partial charge is 0.165 e. The van der Waals surface area contributed by atoms with Crippen molar-refractivity contribution in [2.24, 2.45) is 5.41 Å². The van der Waals surface area contributed by atoms with Crippen molar-refractivity contribution in [3.05, 3.63) is 29.6 Å². The van der Waals surface area contributed by atoms with Crippen LogP contribution >= 0.6 is 0 Å². The van der Waals surface area contributed by atoms with Crippen LogP contribution in [0, 0.1) is 11.2 Å². The van der Waals surface area contributed by atoms with Gasteiger partial charge in [0.2, 0.25) is 0 Å². The third-order valence-electron chi connectivity index (χ3n) is 4.72. The second kappa shape index (κ2) is 5.70. The monoisotopic (exact) mass is 278 g/mol. The van der Waals surface area contributed by atoms with Crippen LogP contribution in [0.5, 0.6) is 5.75 Å². The molecule has 2 aliphatic rings. The first-order chi connectivity index (χ1) is 9.67. The maximum atomic E-state index is 13.4. The summed E-state index contributed by atoms with van der Waals surface area (Å²) in [5.74, 6) is -0.783. The molecule has 2 aliphatic heterocycles. The number of hydrogen-bond donors (Lipinski definition) is 2. The number of piperidine rings is 2. The quantitative estimate of drug-likeness (QED) is 0.872. The summed E-state index contributed by atoms with van der Waals surface area (Å²) in [4.78, 5) is 2.43. The molecule has 1 spiro atoms. The number of hydrogen-bond acceptors (Lipinski definition) is 3. The van der Waals surface area contributed by atoms with E-state index in [-0.39, 0.29) is 5.75 Å². The summed E-state index contributed by atoms with van der Waals surface area (Å²) >= 11 is 0. The summed E-state index contributed by atoms with van der Waals surface area (Å²) in [7, 11) is 0. The SMILES string of the molecule is Oc1ccc(CN2CCCC3(CCCNC3)C2)cc1F. The van der Waals surface area contributed by atoms with Crippen molar-refractivity contribution < 1.29 is 9.50 Å². The van der Waals surface area contributed by atoms with Gasteiger partial charge in [-0.25, -0.2) is 4.39 Å². The fourth-order valence-electron chi connectivity index (χ4n) is 3.73. The predicted octanol–water partition coefficient (Wildman–Crippen LogP) is 2.50. The molecule has 0 aliphatic carbocycles. The minimum Gasteiger partial charge on any atom is -0.505 e. The average molecular weight is 278 g/mol. The Kier molecular flexibility index (Phi) is 3.94. The molecule has 0 saturated carbocycles. The Morgan fingerprint density at radius 1 is 1.30 bits per heavy atom. The zero-order valence-electron chi connectivity index (χ0n) is 11.9. The lowest BCUT2D eigenvalue weighted by Crippen LogP contribution is -2.50. The van der Waals surface area contributed by atoms with Gasteiger partial charge in [0.15, 0.2) is 11.6 Å². The Morgan fingerprint density at radius 3 is 2.90 bits per heavy atom. The molecule has 1 atom stereocenters. The van der Waals surface area contributed by atoms with Gasteiger partial charge in [0.1, 0.15) is 0 Å². The maximum absolute atomic E-state index is 13.4. The molecule has 20 heavy (non-hydrogen) atoms. The second-order valence-electron chi connectivity index (χ2n) is 6.38. The Morgan fingerprint density at radius 2 is 2.15 bits per heavy atom. The van der Waals surface area contributed by atoms with Crippen LogP contribution in [0.15, 0.2) is 18.2 Å². The van der Waals surface area contributed by atoms with Crippen molar-refractivity contribution in [3.63, 3.8) is 0 Å². The largest absolute Gasteiger partial charge is 0.505 e. The molecule has 1 aromatic carbocycles. The molecule has 2 saturated heterocycles. The Labute approximate surface area is 119 Å². The molecular weight excluding hydrogens is 255 g/mol. The topological polar surface area (TPSA) is 35.5 Å². The first-order valence-corrected chi connectivity index (χ1v) is 7.57. The average Bonchev–Trinajstić information content (AvgIpc) is 2.44. The van der Waals surface area contributed by atoms with E-state index in [0.29, 0.717) is 5.41 Å². The number of rotatable bonds is 2. The third-order valence-corrected chi connectivity index (χ3v) is 4.72. The standard InChI is InChI=1S/C16H23FN2O/c17-14-9-13(3-4-15(14)20)10-19-8-2-6-16(12-19)5-1-7-18-11-16/h3-4,9,18,20H,1-2,5-8,10-12H2. The van der Waals surface area contributed by atoms with E-state index in [1.165, 1.54) is 37.8 Å². The van der Waals surface area contributed by atoms with Crippen LogP contribution in [0.25, 0.3) is 0 Å². The Bertz CT molecular complexity index is 466. The minimum atomic E-state index is -0.520. The minimum absolute atomic E-state index is 0.264. The van der Waals surface area contributed by atoms with Gasteiger partial charge in [0.05, 0.1) is 0 Å². The molecule has 3 rings (SSSR count). The highest BCUT2D eigenvalue weighted by Crippen LogP contribution is 2.36. The summed E-state index contributed by atoms with van der Waals surface area (Å²) in [6.07, 6.45) is 5.10. The molecule has 0 radical (unpaired) electrons. The molecule has 2 fully saturated rings. The van der Waals surface area contributed by atoms with Crippen LogP contribution in [0.2, 0.25) is 0 Å². The predicted molar refractivity (Wildman–Crippen MR) is 77.1 cm³/mol. The molecule has 1 unspecified atom stereocenters. The first kappa shape index (κ1) is 13.8. The number of phenols is 1. The number of likely N-dealkylation sites (tertiary alicyclic amines) is 1. The van der Waals surface area contributed by atoms with E-state index < -0.39 is 5.82 Å². The van der Waals surface area contributed by atoms with Crippen molar-refractivity contribution in [2.75, 3.05) is 26.2 Å². The van der Waals surface area contributed by atoms with Gasteiger partial charge in [-0.2, -0.15) is 0 Å². The number of benzene rings is 1. The Balaban J connectivity index is 1.66. The normalized spacial score (nSPS) is 27.9. The van der Waals surface area contributed by atoms with Gasteiger partial charge in [-0.1, -0.05) is 6.07 Å². The van der Waals surface area contributed by atoms with Crippen LogP contribution in [0.4, 0.5) is 4.39 Å². The number of phenolic OH excluding ortho intramolecular Hbond substituents is 1. The summed E-state index contributed by atoms with van der Waals surface area (Å²) in [5.41, 5.74) is 1.37. The van der Waals surface area contributed by atoms with Gasteiger partial charge in [0, 0.05) is 19.6 Å². The number of aromatic hydroxyl groups is 1. The molecule has 2 N–H and O–H groups in total. The van der Waals surface area contributed by atoms with E-state index in [4.69, 9.17) is 0 Å². The fourth-order valence-corrected chi connectivity index (χ4v) is 3.73. The molecule has 1 aromatic rings. The van der Waals surface area contributed by atoms with Gasteiger partial charge < -0.3 is 10.4 Å². The van der Waals surface area contributed by atoms with Crippen LogP contribution < -0.4 is 5.32 Å². The van der Waals surface area contributed by atoms with E-state index >= 15 is 0 Å².